The Bertz CT molecular complexity index is 1280. The normalized spacial score (nSPS) is 16.3. The van der Waals surface area contributed by atoms with Gasteiger partial charge < -0.3 is 4.42 Å². The van der Waals surface area contributed by atoms with E-state index in [9.17, 15) is 14.9 Å². The summed E-state index contributed by atoms with van der Waals surface area (Å²) in [4.78, 5) is 30.0. The zero-order valence-corrected chi connectivity index (χ0v) is 18.7. The monoisotopic (exact) mass is 447 g/mol. The molecular weight excluding hydrogens is 426 g/mol. The number of nitro benzene ring substituents is 1. The van der Waals surface area contributed by atoms with E-state index < -0.39 is 4.92 Å². The molecule has 0 atom stereocenters. The number of nitrogens with zero attached hydrogens (tertiary/aromatic N) is 3. The van der Waals surface area contributed by atoms with Gasteiger partial charge in [0.25, 0.3) is 11.6 Å². The van der Waals surface area contributed by atoms with Crippen molar-refractivity contribution in [3.63, 3.8) is 0 Å². The fourth-order valence-electron chi connectivity index (χ4n) is 3.42. The van der Waals surface area contributed by atoms with E-state index in [1.807, 2.05) is 24.3 Å². The van der Waals surface area contributed by atoms with Gasteiger partial charge in [-0.1, -0.05) is 25.1 Å². The van der Waals surface area contributed by atoms with Crippen LogP contribution in [0, 0.1) is 17.0 Å². The van der Waals surface area contributed by atoms with Crippen molar-refractivity contribution in [3.8, 4) is 11.3 Å². The molecule has 8 heteroatoms. The van der Waals surface area contributed by atoms with E-state index in [1.165, 1.54) is 28.8 Å². The van der Waals surface area contributed by atoms with Crippen molar-refractivity contribution in [1.82, 2.24) is 4.90 Å². The molecule has 1 saturated heterocycles. The molecule has 1 aliphatic rings. The highest BCUT2D eigenvalue weighted by atomic mass is 32.2. The predicted molar refractivity (Wildman–Crippen MR) is 127 cm³/mol. The summed E-state index contributed by atoms with van der Waals surface area (Å²) < 4.78 is 5.92. The highest BCUT2D eigenvalue weighted by Crippen LogP contribution is 2.35. The van der Waals surface area contributed by atoms with Crippen LogP contribution in [-0.2, 0) is 11.2 Å². The van der Waals surface area contributed by atoms with Crippen molar-refractivity contribution in [2.45, 2.75) is 20.3 Å². The molecule has 1 amide bonds. The summed E-state index contributed by atoms with van der Waals surface area (Å²) in [6, 6.07) is 16.1. The number of carbonyl (C=O) groups excluding carboxylic acids is 1. The zero-order valence-electron chi connectivity index (χ0n) is 17.9. The van der Waals surface area contributed by atoms with E-state index in [-0.39, 0.29) is 11.6 Å². The molecule has 4 rings (SSSR count). The highest BCUT2D eigenvalue weighted by Gasteiger charge is 2.31. The molecule has 32 heavy (non-hydrogen) atoms. The van der Waals surface area contributed by atoms with Crippen LogP contribution in [0.1, 0.15) is 23.8 Å². The number of benzene rings is 2. The van der Waals surface area contributed by atoms with E-state index in [1.54, 1.807) is 38.2 Å². The Morgan fingerprint density at radius 2 is 1.97 bits per heavy atom. The molecular formula is C24H21N3O4S. The number of hydrogen-bond acceptors (Lipinski definition) is 6. The first-order valence-electron chi connectivity index (χ1n) is 10.1. The first-order chi connectivity index (χ1) is 15.4. The number of aliphatic imine (C=N–C) groups is 1. The molecule has 3 aromatic rings. The smallest absolute Gasteiger partial charge is 0.269 e. The number of amides is 1. The van der Waals surface area contributed by atoms with Gasteiger partial charge in [0, 0.05) is 30.8 Å². The molecule has 2 heterocycles. The van der Waals surface area contributed by atoms with Gasteiger partial charge in [0.1, 0.15) is 11.5 Å². The Morgan fingerprint density at radius 3 is 2.69 bits per heavy atom. The summed E-state index contributed by atoms with van der Waals surface area (Å²) in [6.45, 7) is 3.87. The maximum absolute atomic E-state index is 12.7. The van der Waals surface area contributed by atoms with E-state index in [0.717, 1.165) is 28.8 Å². The molecule has 2 aromatic carbocycles. The lowest BCUT2D eigenvalue weighted by molar-refractivity contribution is -0.384. The molecule has 0 spiro atoms. The molecule has 0 aliphatic carbocycles. The standard InChI is InChI=1S/C24H21N3O4S/c1-4-16-7-5-6-8-20(16)25-24-26(3)23(28)22(32-24)14-18-10-12-21(31-18)19-11-9-17(27(29)30)13-15(19)2/h5-14H,4H2,1-3H3/b22-14-,25-24?. The largest absolute Gasteiger partial charge is 0.457 e. The summed E-state index contributed by atoms with van der Waals surface area (Å²) in [5.41, 5.74) is 3.51. The summed E-state index contributed by atoms with van der Waals surface area (Å²) in [5, 5.41) is 11.6. The van der Waals surface area contributed by atoms with Gasteiger partial charge >= 0.3 is 0 Å². The van der Waals surface area contributed by atoms with Gasteiger partial charge in [-0.05, 0) is 60.5 Å². The van der Waals surface area contributed by atoms with Crippen LogP contribution in [0.4, 0.5) is 11.4 Å². The molecule has 0 bridgehead atoms. The number of amidine groups is 1. The van der Waals surface area contributed by atoms with Gasteiger partial charge in [0.2, 0.25) is 0 Å². The van der Waals surface area contributed by atoms with Crippen LogP contribution in [0.5, 0.6) is 0 Å². The van der Waals surface area contributed by atoms with E-state index >= 15 is 0 Å². The molecule has 0 saturated carbocycles. The van der Waals surface area contributed by atoms with Crippen LogP contribution in [0.2, 0.25) is 0 Å². The minimum absolute atomic E-state index is 0.0348. The minimum atomic E-state index is -0.424. The second-order valence-electron chi connectivity index (χ2n) is 7.31. The van der Waals surface area contributed by atoms with Gasteiger partial charge in [-0.2, -0.15) is 0 Å². The molecule has 0 unspecified atom stereocenters. The van der Waals surface area contributed by atoms with E-state index in [2.05, 4.69) is 6.92 Å². The van der Waals surface area contributed by atoms with Crippen molar-refractivity contribution in [3.05, 3.63) is 86.5 Å². The Kier molecular flexibility index (Phi) is 5.96. The van der Waals surface area contributed by atoms with Crippen LogP contribution in [0.3, 0.4) is 0 Å². The lowest BCUT2D eigenvalue weighted by Gasteiger charge is -2.08. The van der Waals surface area contributed by atoms with Crippen molar-refractivity contribution >= 4 is 40.3 Å². The summed E-state index contributed by atoms with van der Waals surface area (Å²) in [5.74, 6) is 0.961. The van der Waals surface area contributed by atoms with Crippen molar-refractivity contribution < 1.29 is 14.1 Å². The van der Waals surface area contributed by atoms with Crippen molar-refractivity contribution in [1.29, 1.82) is 0 Å². The minimum Gasteiger partial charge on any atom is -0.457 e. The maximum atomic E-state index is 12.7. The number of non-ortho nitro benzene ring substituents is 1. The van der Waals surface area contributed by atoms with Crippen LogP contribution >= 0.6 is 11.8 Å². The summed E-state index contributed by atoms with van der Waals surface area (Å²) in [6.07, 6.45) is 2.55. The number of para-hydroxylation sites is 1. The van der Waals surface area contributed by atoms with Crippen LogP contribution in [-0.4, -0.2) is 27.9 Å². The zero-order chi connectivity index (χ0) is 22.8. The number of aryl methyl sites for hydroxylation is 2. The number of furan rings is 1. The number of rotatable bonds is 5. The Balaban J connectivity index is 1.60. The van der Waals surface area contributed by atoms with Gasteiger partial charge in [-0.25, -0.2) is 4.99 Å². The third-order valence-electron chi connectivity index (χ3n) is 5.18. The number of nitro groups is 1. The van der Waals surface area contributed by atoms with Gasteiger partial charge in [-0.15, -0.1) is 0 Å². The van der Waals surface area contributed by atoms with Gasteiger partial charge in [0.05, 0.1) is 15.5 Å². The maximum Gasteiger partial charge on any atom is 0.269 e. The summed E-state index contributed by atoms with van der Waals surface area (Å²) in [7, 11) is 1.71. The molecule has 7 nitrogen and oxygen atoms in total. The van der Waals surface area contributed by atoms with Gasteiger partial charge in [-0.3, -0.25) is 19.8 Å². The SMILES string of the molecule is CCc1ccccc1N=C1S/C(=C\c2ccc(-c3ccc([N+](=O)[O-])cc3C)o2)C(=O)N1C. The number of hydrogen-bond donors (Lipinski definition) is 0. The first-order valence-corrected chi connectivity index (χ1v) is 10.9. The third kappa shape index (κ3) is 4.22. The fraction of sp³-hybridized carbons (Fsp3) is 0.167. The third-order valence-corrected chi connectivity index (χ3v) is 6.24. The average molecular weight is 448 g/mol. The molecule has 0 radical (unpaired) electrons. The highest BCUT2D eigenvalue weighted by molar-refractivity contribution is 8.18. The Morgan fingerprint density at radius 1 is 1.19 bits per heavy atom. The van der Waals surface area contributed by atoms with Gasteiger partial charge in [0.15, 0.2) is 5.17 Å². The van der Waals surface area contributed by atoms with E-state index in [4.69, 9.17) is 9.41 Å². The number of likely N-dealkylation sites (N-methyl/N-ethyl adjacent to an activating group) is 1. The molecule has 1 aliphatic heterocycles. The van der Waals surface area contributed by atoms with Crippen LogP contribution in [0.15, 0.2) is 68.9 Å². The Hall–Kier alpha value is -3.65. The second kappa shape index (κ2) is 8.84. The number of carbonyl (C=O) groups is 1. The first kappa shape index (κ1) is 21.6. The van der Waals surface area contributed by atoms with Crippen LogP contribution < -0.4 is 0 Å². The van der Waals surface area contributed by atoms with Crippen molar-refractivity contribution in [2.75, 3.05) is 7.05 Å². The Labute approximate surface area is 189 Å². The molecule has 0 N–H and O–H groups in total. The van der Waals surface area contributed by atoms with E-state index in [0.29, 0.717) is 21.6 Å². The van der Waals surface area contributed by atoms with Crippen LogP contribution in [0.25, 0.3) is 17.4 Å². The average Bonchev–Trinajstić information content (AvgIpc) is 3.34. The van der Waals surface area contributed by atoms with Crippen molar-refractivity contribution in [2.24, 2.45) is 4.99 Å². The second-order valence-corrected chi connectivity index (χ2v) is 8.32. The molecule has 1 aromatic heterocycles. The summed E-state index contributed by atoms with van der Waals surface area (Å²) >= 11 is 1.30. The topological polar surface area (TPSA) is 89.0 Å². The predicted octanol–water partition coefficient (Wildman–Crippen LogP) is 5.96. The lowest BCUT2D eigenvalue weighted by atomic mass is 10.1. The quantitative estimate of drug-likeness (QED) is 0.273. The fourth-order valence-corrected chi connectivity index (χ4v) is 4.38. The lowest BCUT2D eigenvalue weighted by Crippen LogP contribution is -2.23. The number of thioether (sulfide) groups is 1. The molecule has 1 fully saturated rings. The molecule has 162 valence electrons.